The first-order chi connectivity index (χ1) is 6.63. The Kier molecular flexibility index (Phi) is 4.12. The number of terminal acetylenes is 1. The van der Waals surface area contributed by atoms with Crippen molar-refractivity contribution in [2.24, 2.45) is 0 Å². The molecule has 0 amide bonds. The van der Waals surface area contributed by atoms with Gasteiger partial charge in [-0.1, -0.05) is 27.9 Å². The van der Waals surface area contributed by atoms with Crippen LogP contribution in [0, 0.1) is 18.2 Å². The van der Waals surface area contributed by atoms with E-state index in [0.717, 1.165) is 10.0 Å². The van der Waals surface area contributed by atoms with Crippen LogP contribution >= 0.6 is 15.9 Å². The molecule has 74 valence electrons. The van der Waals surface area contributed by atoms with Gasteiger partial charge >= 0.3 is 0 Å². The Hall–Kier alpha value is -0.850. The van der Waals surface area contributed by atoms with Gasteiger partial charge in [-0.2, -0.15) is 0 Å². The van der Waals surface area contributed by atoms with Gasteiger partial charge in [0, 0.05) is 11.0 Å². The molecular formula is C11H11BrFN. The lowest BCUT2D eigenvalue weighted by Gasteiger charge is -2.14. The van der Waals surface area contributed by atoms with E-state index in [1.54, 1.807) is 6.07 Å². The Bertz CT molecular complexity index is 357. The largest absolute Gasteiger partial charge is 0.291 e. The quantitative estimate of drug-likeness (QED) is 0.751. The average molecular weight is 256 g/mol. The molecule has 0 aliphatic rings. The predicted octanol–water partition coefficient (Wildman–Crippen LogP) is 2.65. The maximum Gasteiger partial charge on any atom is 0.124 e. The van der Waals surface area contributed by atoms with Gasteiger partial charge in [0.15, 0.2) is 0 Å². The Labute approximate surface area is 92.0 Å². The van der Waals surface area contributed by atoms with Crippen molar-refractivity contribution in [3.05, 3.63) is 34.1 Å². The SMILES string of the molecule is C#CCN(C)Cc1ccc(F)cc1Br. The van der Waals surface area contributed by atoms with E-state index in [4.69, 9.17) is 6.42 Å². The fourth-order valence-electron chi connectivity index (χ4n) is 1.15. The lowest BCUT2D eigenvalue weighted by molar-refractivity contribution is 0.368. The number of hydrogen-bond acceptors (Lipinski definition) is 1. The van der Waals surface area contributed by atoms with Crippen LogP contribution in [0.1, 0.15) is 5.56 Å². The van der Waals surface area contributed by atoms with E-state index >= 15 is 0 Å². The van der Waals surface area contributed by atoms with E-state index < -0.39 is 0 Å². The molecular weight excluding hydrogens is 245 g/mol. The fraction of sp³-hybridized carbons (Fsp3) is 0.273. The fourth-order valence-corrected chi connectivity index (χ4v) is 1.63. The van der Waals surface area contributed by atoms with Crippen LogP contribution in [0.2, 0.25) is 0 Å². The number of hydrogen-bond donors (Lipinski definition) is 0. The molecule has 0 bridgehead atoms. The smallest absolute Gasteiger partial charge is 0.124 e. The predicted molar refractivity (Wildman–Crippen MR) is 59.3 cm³/mol. The Morgan fingerprint density at radius 2 is 2.29 bits per heavy atom. The van der Waals surface area contributed by atoms with Gasteiger partial charge < -0.3 is 0 Å². The van der Waals surface area contributed by atoms with Crippen LogP contribution in [0.5, 0.6) is 0 Å². The van der Waals surface area contributed by atoms with E-state index in [-0.39, 0.29) is 5.82 Å². The summed E-state index contributed by atoms with van der Waals surface area (Å²) < 4.78 is 13.5. The highest BCUT2D eigenvalue weighted by Gasteiger charge is 2.03. The van der Waals surface area contributed by atoms with Gasteiger partial charge in [0.2, 0.25) is 0 Å². The van der Waals surface area contributed by atoms with Crippen molar-refractivity contribution in [2.75, 3.05) is 13.6 Å². The highest BCUT2D eigenvalue weighted by atomic mass is 79.9. The minimum absolute atomic E-state index is 0.236. The van der Waals surface area contributed by atoms with Gasteiger partial charge in [-0.15, -0.1) is 6.42 Å². The summed E-state index contributed by atoms with van der Waals surface area (Å²) in [6.45, 7) is 1.30. The molecule has 14 heavy (non-hydrogen) atoms. The van der Waals surface area contributed by atoms with Crippen molar-refractivity contribution >= 4 is 15.9 Å². The van der Waals surface area contributed by atoms with Gasteiger partial charge in [0.05, 0.1) is 6.54 Å². The van der Waals surface area contributed by atoms with Crippen LogP contribution in [0.25, 0.3) is 0 Å². The van der Waals surface area contributed by atoms with Crippen LogP contribution in [0.3, 0.4) is 0 Å². The highest BCUT2D eigenvalue weighted by Crippen LogP contribution is 2.19. The molecule has 1 aromatic carbocycles. The highest BCUT2D eigenvalue weighted by molar-refractivity contribution is 9.10. The summed E-state index contributed by atoms with van der Waals surface area (Å²) in [5.41, 5.74) is 1.03. The second-order valence-electron chi connectivity index (χ2n) is 3.11. The zero-order valence-corrected chi connectivity index (χ0v) is 9.51. The van der Waals surface area contributed by atoms with Gasteiger partial charge in [-0.05, 0) is 24.7 Å². The first-order valence-electron chi connectivity index (χ1n) is 4.19. The normalized spacial score (nSPS) is 10.2. The molecule has 0 radical (unpaired) electrons. The molecule has 3 heteroatoms. The van der Waals surface area contributed by atoms with Gasteiger partial charge in [0.25, 0.3) is 0 Å². The lowest BCUT2D eigenvalue weighted by Crippen LogP contribution is -2.18. The number of rotatable bonds is 3. The van der Waals surface area contributed by atoms with E-state index in [9.17, 15) is 4.39 Å². The number of nitrogens with zero attached hydrogens (tertiary/aromatic N) is 1. The molecule has 1 nitrogen and oxygen atoms in total. The standard InChI is InChI=1S/C11H11BrFN/c1-3-6-14(2)8-9-4-5-10(13)7-11(9)12/h1,4-5,7H,6,8H2,2H3. The third-order valence-corrected chi connectivity index (χ3v) is 2.55. The summed E-state index contributed by atoms with van der Waals surface area (Å²) in [4.78, 5) is 1.98. The van der Waals surface area contributed by atoms with Crippen molar-refractivity contribution in [3.63, 3.8) is 0 Å². The molecule has 0 aromatic heterocycles. The zero-order valence-electron chi connectivity index (χ0n) is 7.93. The summed E-state index contributed by atoms with van der Waals surface area (Å²) in [7, 11) is 1.93. The molecule has 0 spiro atoms. The first-order valence-corrected chi connectivity index (χ1v) is 4.98. The third kappa shape index (κ3) is 3.13. The van der Waals surface area contributed by atoms with Crippen molar-refractivity contribution < 1.29 is 4.39 Å². The van der Waals surface area contributed by atoms with Crippen molar-refractivity contribution in [1.29, 1.82) is 0 Å². The Balaban J connectivity index is 2.73. The minimum atomic E-state index is -0.236. The van der Waals surface area contributed by atoms with E-state index in [2.05, 4.69) is 21.9 Å². The molecule has 0 N–H and O–H groups in total. The average Bonchev–Trinajstić information content (AvgIpc) is 2.10. The first kappa shape index (κ1) is 11.2. The number of benzene rings is 1. The van der Waals surface area contributed by atoms with Crippen LogP contribution in [-0.4, -0.2) is 18.5 Å². The molecule has 0 aliphatic carbocycles. The molecule has 0 saturated heterocycles. The van der Waals surface area contributed by atoms with E-state index in [0.29, 0.717) is 13.1 Å². The third-order valence-electron chi connectivity index (χ3n) is 1.82. The summed E-state index contributed by atoms with van der Waals surface area (Å²) in [6.07, 6.45) is 5.18. The maximum absolute atomic E-state index is 12.8. The van der Waals surface area contributed by atoms with E-state index in [1.165, 1.54) is 12.1 Å². The van der Waals surface area contributed by atoms with Crippen molar-refractivity contribution in [2.45, 2.75) is 6.54 Å². The Morgan fingerprint density at radius 3 is 2.86 bits per heavy atom. The molecule has 0 atom stereocenters. The molecule has 0 unspecified atom stereocenters. The van der Waals surface area contributed by atoms with E-state index in [1.807, 2.05) is 11.9 Å². The molecule has 0 aliphatic heterocycles. The second-order valence-corrected chi connectivity index (χ2v) is 3.97. The maximum atomic E-state index is 12.8. The summed E-state index contributed by atoms with van der Waals surface area (Å²) >= 11 is 3.31. The minimum Gasteiger partial charge on any atom is -0.291 e. The van der Waals surface area contributed by atoms with Gasteiger partial charge in [0.1, 0.15) is 5.82 Å². The summed E-state index contributed by atoms with van der Waals surface area (Å²) in [5, 5.41) is 0. The van der Waals surface area contributed by atoms with Crippen LogP contribution in [0.15, 0.2) is 22.7 Å². The monoisotopic (exact) mass is 255 g/mol. The molecule has 1 aromatic rings. The van der Waals surface area contributed by atoms with Crippen LogP contribution in [-0.2, 0) is 6.54 Å². The molecule has 1 rings (SSSR count). The summed E-state index contributed by atoms with van der Waals surface area (Å²) in [6, 6.07) is 4.66. The van der Waals surface area contributed by atoms with Gasteiger partial charge in [-0.3, -0.25) is 4.90 Å². The van der Waals surface area contributed by atoms with Crippen molar-refractivity contribution in [3.8, 4) is 12.3 Å². The molecule has 0 fully saturated rings. The number of halogens is 2. The van der Waals surface area contributed by atoms with Crippen LogP contribution < -0.4 is 0 Å². The second kappa shape index (κ2) is 5.14. The zero-order chi connectivity index (χ0) is 10.6. The lowest BCUT2D eigenvalue weighted by atomic mass is 10.2. The van der Waals surface area contributed by atoms with Gasteiger partial charge in [-0.25, -0.2) is 4.39 Å². The van der Waals surface area contributed by atoms with Crippen LogP contribution in [0.4, 0.5) is 4.39 Å². The summed E-state index contributed by atoms with van der Waals surface area (Å²) in [5.74, 6) is 2.32. The topological polar surface area (TPSA) is 3.24 Å². The molecule has 0 heterocycles. The molecule has 0 saturated carbocycles. The Morgan fingerprint density at radius 1 is 1.57 bits per heavy atom. The van der Waals surface area contributed by atoms with Crippen molar-refractivity contribution in [1.82, 2.24) is 4.90 Å².